The Kier molecular flexibility index (Phi) is 6.44. The maximum absolute atomic E-state index is 13.8. The van der Waals surface area contributed by atoms with Gasteiger partial charge in [0.05, 0.1) is 17.9 Å². The standard InChI is InChI=1S/C23H30F2N8O/c1-2-15-3-5-16(6-4-15)33-14-18(20(30-33)21(24)25)28-23(34)17-13-27-32-10-7-19(29-22(17)32)31-11-8-26-9-12-31/h7,10,13-16,21,26H,2-6,8-9,11-12H2,1H3,(H,28,34). The number of hydrogen-bond acceptors (Lipinski definition) is 6. The normalized spacial score (nSPS) is 21.4. The summed E-state index contributed by atoms with van der Waals surface area (Å²) in [6, 6.07) is 1.94. The monoisotopic (exact) mass is 472 g/mol. The van der Waals surface area contributed by atoms with Crippen molar-refractivity contribution >= 4 is 23.1 Å². The van der Waals surface area contributed by atoms with Gasteiger partial charge in [-0.05, 0) is 37.7 Å². The zero-order chi connectivity index (χ0) is 23.7. The van der Waals surface area contributed by atoms with Crippen LogP contribution in [0.5, 0.6) is 0 Å². The molecule has 2 aliphatic rings. The summed E-state index contributed by atoms with van der Waals surface area (Å²) in [4.78, 5) is 19.9. The number of carbonyl (C=O) groups excluding carboxylic acids is 1. The molecule has 0 aromatic carbocycles. The lowest BCUT2D eigenvalue weighted by Crippen LogP contribution is -2.43. The van der Waals surface area contributed by atoms with Crippen LogP contribution in [-0.4, -0.2) is 56.5 Å². The lowest BCUT2D eigenvalue weighted by molar-refractivity contribution is 0.102. The van der Waals surface area contributed by atoms with E-state index in [-0.39, 0.29) is 17.3 Å². The second-order valence-electron chi connectivity index (χ2n) is 9.09. The van der Waals surface area contributed by atoms with Gasteiger partial charge in [-0.1, -0.05) is 13.3 Å². The molecule has 1 saturated heterocycles. The highest BCUT2D eigenvalue weighted by atomic mass is 19.3. The number of nitrogens with zero attached hydrogens (tertiary/aromatic N) is 6. The van der Waals surface area contributed by atoms with Crippen molar-refractivity contribution in [1.29, 1.82) is 0 Å². The van der Waals surface area contributed by atoms with Gasteiger partial charge in [0.25, 0.3) is 12.3 Å². The van der Waals surface area contributed by atoms with Gasteiger partial charge in [-0.25, -0.2) is 18.3 Å². The fraction of sp³-hybridized carbons (Fsp3) is 0.565. The van der Waals surface area contributed by atoms with Crippen molar-refractivity contribution in [1.82, 2.24) is 29.7 Å². The predicted molar refractivity (Wildman–Crippen MR) is 124 cm³/mol. The third-order valence-electron chi connectivity index (χ3n) is 7.02. The van der Waals surface area contributed by atoms with Gasteiger partial charge in [-0.3, -0.25) is 9.48 Å². The molecule has 182 valence electrons. The van der Waals surface area contributed by atoms with Gasteiger partial charge in [0, 0.05) is 38.6 Å². The molecule has 4 heterocycles. The zero-order valence-corrected chi connectivity index (χ0v) is 19.3. The van der Waals surface area contributed by atoms with E-state index in [1.54, 1.807) is 17.1 Å². The minimum absolute atomic E-state index is 0.0372. The molecule has 0 radical (unpaired) electrons. The lowest BCUT2D eigenvalue weighted by atomic mass is 9.85. The van der Waals surface area contributed by atoms with Crippen molar-refractivity contribution in [2.45, 2.75) is 51.5 Å². The number of aromatic nitrogens is 5. The molecule has 0 unspecified atom stereocenters. The number of hydrogen-bond donors (Lipinski definition) is 2. The minimum atomic E-state index is -2.79. The zero-order valence-electron chi connectivity index (χ0n) is 19.3. The molecule has 1 aliphatic heterocycles. The number of halogens is 2. The van der Waals surface area contributed by atoms with Gasteiger partial charge in [-0.15, -0.1) is 0 Å². The van der Waals surface area contributed by atoms with Crippen LogP contribution in [0.2, 0.25) is 0 Å². The van der Waals surface area contributed by atoms with Gasteiger partial charge in [0.15, 0.2) is 11.3 Å². The van der Waals surface area contributed by atoms with Crippen LogP contribution in [-0.2, 0) is 0 Å². The molecule has 0 atom stereocenters. The van der Waals surface area contributed by atoms with Crippen LogP contribution in [0.4, 0.5) is 20.3 Å². The molecular formula is C23H30F2N8O. The quantitative estimate of drug-likeness (QED) is 0.569. The molecule has 11 heteroatoms. The Balaban J connectivity index is 1.38. The van der Waals surface area contributed by atoms with E-state index in [2.05, 4.69) is 37.6 Å². The second-order valence-corrected chi connectivity index (χ2v) is 9.09. The van der Waals surface area contributed by atoms with Crippen LogP contribution in [0.1, 0.15) is 67.5 Å². The molecule has 2 fully saturated rings. The highest BCUT2D eigenvalue weighted by Crippen LogP contribution is 2.35. The van der Waals surface area contributed by atoms with Crippen molar-refractivity contribution in [3.8, 4) is 0 Å². The average Bonchev–Trinajstić information content (AvgIpc) is 3.49. The maximum atomic E-state index is 13.8. The van der Waals surface area contributed by atoms with E-state index in [1.165, 1.54) is 10.7 Å². The summed E-state index contributed by atoms with van der Waals surface area (Å²) in [6.45, 7) is 5.54. The van der Waals surface area contributed by atoms with Gasteiger partial charge in [0.1, 0.15) is 11.4 Å². The van der Waals surface area contributed by atoms with E-state index in [4.69, 9.17) is 0 Å². The third kappa shape index (κ3) is 4.48. The van der Waals surface area contributed by atoms with Crippen molar-refractivity contribution in [3.05, 3.63) is 35.9 Å². The van der Waals surface area contributed by atoms with Crippen LogP contribution < -0.4 is 15.5 Å². The first kappa shape index (κ1) is 22.7. The minimum Gasteiger partial charge on any atom is -0.354 e. The molecule has 0 bridgehead atoms. The van der Waals surface area contributed by atoms with E-state index in [0.29, 0.717) is 11.6 Å². The first-order valence-electron chi connectivity index (χ1n) is 12.0. The molecule has 3 aromatic heterocycles. The Hall–Kier alpha value is -3.08. The second kappa shape index (κ2) is 9.65. The number of nitrogens with one attached hydrogen (secondary N) is 2. The Morgan fingerprint density at radius 1 is 1.24 bits per heavy atom. The predicted octanol–water partition coefficient (Wildman–Crippen LogP) is 3.67. The molecule has 3 aromatic rings. The number of rotatable bonds is 6. The number of carbonyl (C=O) groups is 1. The SMILES string of the molecule is CCC1CCC(n2cc(NC(=O)c3cnn4ccc(N5CCNCC5)nc34)c(C(F)F)n2)CC1. The molecule has 1 saturated carbocycles. The van der Waals surface area contributed by atoms with E-state index < -0.39 is 18.0 Å². The number of fused-ring (bicyclic) bond motifs is 1. The molecule has 9 nitrogen and oxygen atoms in total. The van der Waals surface area contributed by atoms with Crippen LogP contribution in [0, 0.1) is 5.92 Å². The van der Waals surface area contributed by atoms with Crippen molar-refractivity contribution in [2.24, 2.45) is 5.92 Å². The van der Waals surface area contributed by atoms with E-state index in [0.717, 1.165) is 64.1 Å². The topological polar surface area (TPSA) is 92.4 Å². The highest BCUT2D eigenvalue weighted by molar-refractivity contribution is 6.08. The number of alkyl halides is 2. The molecule has 34 heavy (non-hydrogen) atoms. The summed E-state index contributed by atoms with van der Waals surface area (Å²) in [5, 5.41) is 14.3. The molecule has 5 rings (SSSR count). The summed E-state index contributed by atoms with van der Waals surface area (Å²) in [5.41, 5.74) is 0.248. The number of piperazine rings is 1. The van der Waals surface area contributed by atoms with Gasteiger partial charge in [0.2, 0.25) is 0 Å². The van der Waals surface area contributed by atoms with Gasteiger partial charge < -0.3 is 15.5 Å². The van der Waals surface area contributed by atoms with E-state index in [1.807, 2.05) is 6.07 Å². The van der Waals surface area contributed by atoms with Crippen LogP contribution in [0.25, 0.3) is 5.65 Å². The third-order valence-corrected chi connectivity index (χ3v) is 7.02. The summed E-state index contributed by atoms with van der Waals surface area (Å²) >= 11 is 0. The fourth-order valence-electron chi connectivity index (χ4n) is 4.95. The largest absolute Gasteiger partial charge is 0.354 e. The van der Waals surface area contributed by atoms with Crippen LogP contribution >= 0.6 is 0 Å². The number of amides is 1. The van der Waals surface area contributed by atoms with E-state index >= 15 is 0 Å². The molecule has 1 amide bonds. The summed E-state index contributed by atoms with van der Waals surface area (Å²) < 4.78 is 30.7. The van der Waals surface area contributed by atoms with Crippen molar-refractivity contribution < 1.29 is 13.6 Å². The van der Waals surface area contributed by atoms with Crippen molar-refractivity contribution in [3.63, 3.8) is 0 Å². The Morgan fingerprint density at radius 2 is 2.00 bits per heavy atom. The Bertz CT molecular complexity index is 1150. The highest BCUT2D eigenvalue weighted by Gasteiger charge is 2.27. The Morgan fingerprint density at radius 3 is 2.71 bits per heavy atom. The molecule has 0 spiro atoms. The smallest absolute Gasteiger partial charge is 0.284 e. The van der Waals surface area contributed by atoms with Crippen molar-refractivity contribution in [2.75, 3.05) is 36.4 Å². The van der Waals surface area contributed by atoms with Gasteiger partial charge >= 0.3 is 0 Å². The van der Waals surface area contributed by atoms with E-state index in [9.17, 15) is 13.6 Å². The van der Waals surface area contributed by atoms with Crippen LogP contribution in [0.3, 0.4) is 0 Å². The summed E-state index contributed by atoms with van der Waals surface area (Å²) in [6.07, 6.45) is 7.01. The Labute approximate surface area is 196 Å². The average molecular weight is 473 g/mol. The molecule has 1 aliphatic carbocycles. The first-order chi connectivity index (χ1) is 16.5. The summed E-state index contributed by atoms with van der Waals surface area (Å²) in [5.74, 6) is 0.915. The van der Waals surface area contributed by atoms with Gasteiger partial charge in [-0.2, -0.15) is 10.2 Å². The summed E-state index contributed by atoms with van der Waals surface area (Å²) in [7, 11) is 0. The number of anilines is 2. The van der Waals surface area contributed by atoms with Crippen LogP contribution in [0.15, 0.2) is 24.7 Å². The molecular weight excluding hydrogens is 442 g/mol. The first-order valence-corrected chi connectivity index (χ1v) is 12.0. The molecule has 2 N–H and O–H groups in total. The maximum Gasteiger partial charge on any atom is 0.284 e. The fourth-order valence-corrected chi connectivity index (χ4v) is 4.95. The lowest BCUT2D eigenvalue weighted by Gasteiger charge is -2.28.